The standard InChI is InChI=1S/C6F13N/c7-1(8)2(9,10)5(16,17)20(4(1,14)15)6(18,19)3(11,12)13. The highest BCUT2D eigenvalue weighted by Gasteiger charge is 2.97. The number of rotatable bonds is 1. The van der Waals surface area contributed by atoms with Crippen LogP contribution in [0.3, 0.4) is 0 Å². The summed E-state index contributed by atoms with van der Waals surface area (Å²) in [4.78, 5) is -3.81. The van der Waals surface area contributed by atoms with Crippen LogP contribution in [-0.2, 0) is 0 Å². The second-order valence-electron chi connectivity index (χ2n) is 3.61. The molecule has 0 bridgehead atoms. The maximum absolute atomic E-state index is 12.6. The quantitative estimate of drug-likeness (QED) is 0.519. The van der Waals surface area contributed by atoms with Gasteiger partial charge in [0.05, 0.1) is 0 Å². The first-order valence-corrected chi connectivity index (χ1v) is 4.13. The van der Waals surface area contributed by atoms with Crippen LogP contribution in [0.15, 0.2) is 0 Å². The Hall–Kier alpha value is -0.950. The summed E-state index contributed by atoms with van der Waals surface area (Å²) in [5.41, 5.74) is 0. The Bertz CT molecular complexity index is 380. The number of alkyl halides is 13. The summed E-state index contributed by atoms with van der Waals surface area (Å²) >= 11 is 0. The molecule has 1 rings (SSSR count). The third kappa shape index (κ3) is 1.56. The van der Waals surface area contributed by atoms with Crippen molar-refractivity contribution in [1.82, 2.24) is 4.90 Å². The fourth-order valence-corrected chi connectivity index (χ4v) is 1.31. The van der Waals surface area contributed by atoms with Crippen molar-refractivity contribution >= 4 is 0 Å². The van der Waals surface area contributed by atoms with Crippen molar-refractivity contribution in [3.8, 4) is 0 Å². The van der Waals surface area contributed by atoms with Gasteiger partial charge in [-0.15, -0.1) is 4.90 Å². The Morgan fingerprint density at radius 3 is 1.00 bits per heavy atom. The Morgan fingerprint density at radius 2 is 0.800 bits per heavy atom. The van der Waals surface area contributed by atoms with Gasteiger partial charge in [-0.2, -0.15) is 57.1 Å². The van der Waals surface area contributed by atoms with E-state index in [1.165, 1.54) is 0 Å². The van der Waals surface area contributed by atoms with E-state index < -0.39 is 41.1 Å². The van der Waals surface area contributed by atoms with Gasteiger partial charge >= 0.3 is 36.2 Å². The van der Waals surface area contributed by atoms with E-state index in [0.29, 0.717) is 0 Å². The summed E-state index contributed by atoms with van der Waals surface area (Å²) in [5, 5.41) is 0. The smallest absolute Gasteiger partial charge is 0.191 e. The molecule has 0 aromatic carbocycles. The molecule has 0 aromatic rings. The van der Waals surface area contributed by atoms with Gasteiger partial charge in [0, 0.05) is 0 Å². The van der Waals surface area contributed by atoms with Crippen LogP contribution < -0.4 is 0 Å². The van der Waals surface area contributed by atoms with Gasteiger partial charge in [0.15, 0.2) is 0 Å². The summed E-state index contributed by atoms with van der Waals surface area (Å²) in [7, 11) is 0. The molecule has 1 aliphatic rings. The zero-order valence-electron chi connectivity index (χ0n) is 8.36. The predicted molar refractivity (Wildman–Crippen MR) is 32.6 cm³/mol. The van der Waals surface area contributed by atoms with Crippen LogP contribution in [0.4, 0.5) is 57.1 Å². The van der Waals surface area contributed by atoms with Crippen LogP contribution in [0, 0.1) is 0 Å². The molecule has 0 saturated carbocycles. The second-order valence-corrected chi connectivity index (χ2v) is 3.61. The van der Waals surface area contributed by atoms with Crippen molar-refractivity contribution in [2.45, 2.75) is 36.2 Å². The molecule has 0 aromatic heterocycles. The van der Waals surface area contributed by atoms with Crippen molar-refractivity contribution in [3.63, 3.8) is 0 Å². The first-order valence-electron chi connectivity index (χ1n) is 4.13. The second kappa shape index (κ2) is 3.62. The van der Waals surface area contributed by atoms with E-state index in [2.05, 4.69) is 0 Å². The van der Waals surface area contributed by atoms with Crippen LogP contribution in [0.5, 0.6) is 0 Å². The summed E-state index contributed by atoms with van der Waals surface area (Å²) < 4.78 is 160. The van der Waals surface area contributed by atoms with E-state index in [9.17, 15) is 57.1 Å². The van der Waals surface area contributed by atoms with Gasteiger partial charge in [-0.3, -0.25) is 0 Å². The number of hydrogen-bond acceptors (Lipinski definition) is 1. The lowest BCUT2D eigenvalue weighted by molar-refractivity contribution is -0.432. The molecule has 1 saturated heterocycles. The molecule has 1 aliphatic heterocycles. The largest absolute Gasteiger partial charge is 0.469 e. The average molecular weight is 333 g/mol. The third-order valence-corrected chi connectivity index (χ3v) is 2.33. The van der Waals surface area contributed by atoms with E-state index in [0.717, 1.165) is 0 Å². The van der Waals surface area contributed by atoms with Crippen molar-refractivity contribution in [3.05, 3.63) is 0 Å². The number of nitrogens with zero attached hydrogens (tertiary/aromatic N) is 1. The van der Waals surface area contributed by atoms with Crippen LogP contribution in [-0.4, -0.2) is 41.1 Å². The third-order valence-electron chi connectivity index (χ3n) is 2.33. The van der Waals surface area contributed by atoms with E-state index in [4.69, 9.17) is 0 Å². The average Bonchev–Trinajstić information content (AvgIpc) is 2.18. The minimum Gasteiger partial charge on any atom is -0.191 e. The zero-order chi connectivity index (χ0) is 16.6. The summed E-state index contributed by atoms with van der Waals surface area (Å²) in [5.74, 6) is -14.3. The van der Waals surface area contributed by atoms with Gasteiger partial charge in [-0.1, -0.05) is 0 Å². The predicted octanol–water partition coefficient (Wildman–Crippen LogP) is 3.91. The zero-order valence-corrected chi connectivity index (χ0v) is 8.36. The van der Waals surface area contributed by atoms with Crippen LogP contribution in [0.25, 0.3) is 0 Å². The van der Waals surface area contributed by atoms with Crippen molar-refractivity contribution in [2.24, 2.45) is 0 Å². The lowest BCUT2D eigenvalue weighted by Gasteiger charge is -2.35. The number of hydrogen-bond donors (Lipinski definition) is 0. The van der Waals surface area contributed by atoms with Crippen LogP contribution in [0.2, 0.25) is 0 Å². The normalized spacial score (nSPS) is 28.6. The molecular formula is C6F13N. The molecule has 1 nitrogen and oxygen atoms in total. The maximum atomic E-state index is 12.6. The van der Waals surface area contributed by atoms with E-state index in [1.807, 2.05) is 0 Å². The fraction of sp³-hybridized carbons (Fsp3) is 1.00. The van der Waals surface area contributed by atoms with E-state index in [-0.39, 0.29) is 0 Å². The van der Waals surface area contributed by atoms with Crippen LogP contribution >= 0.6 is 0 Å². The first-order chi connectivity index (χ1) is 8.37. The highest BCUT2D eigenvalue weighted by molar-refractivity contribution is 5.14. The van der Waals surface area contributed by atoms with Gasteiger partial charge in [-0.25, -0.2) is 0 Å². The first kappa shape index (κ1) is 17.1. The highest BCUT2D eigenvalue weighted by Crippen LogP contribution is 2.66. The Balaban J connectivity index is 3.64. The van der Waals surface area contributed by atoms with Gasteiger partial charge in [0.1, 0.15) is 0 Å². The minimum atomic E-state index is -7.33. The lowest BCUT2D eigenvalue weighted by atomic mass is 10.2. The molecular weight excluding hydrogens is 333 g/mol. The molecule has 120 valence electrons. The summed E-state index contributed by atoms with van der Waals surface area (Å²) in [6.07, 6.45) is -7.23. The van der Waals surface area contributed by atoms with Crippen LogP contribution in [0.1, 0.15) is 0 Å². The molecule has 0 atom stereocenters. The van der Waals surface area contributed by atoms with Crippen molar-refractivity contribution < 1.29 is 57.1 Å². The Morgan fingerprint density at radius 1 is 0.550 bits per heavy atom. The van der Waals surface area contributed by atoms with Crippen molar-refractivity contribution in [2.75, 3.05) is 0 Å². The van der Waals surface area contributed by atoms with Crippen molar-refractivity contribution in [1.29, 1.82) is 0 Å². The van der Waals surface area contributed by atoms with Gasteiger partial charge < -0.3 is 0 Å². The lowest BCUT2D eigenvalue weighted by Crippen LogP contribution is -2.64. The molecule has 1 fully saturated rings. The highest BCUT2D eigenvalue weighted by atomic mass is 19.4. The fourth-order valence-electron chi connectivity index (χ4n) is 1.31. The monoisotopic (exact) mass is 333 g/mol. The molecule has 0 spiro atoms. The SMILES string of the molecule is FC(F)(F)C(F)(F)N1C(F)(F)C(F)(F)C(F)(F)C1(F)F. The summed E-state index contributed by atoms with van der Waals surface area (Å²) in [6, 6.07) is -21.6. The van der Waals surface area contributed by atoms with Gasteiger partial charge in [0.25, 0.3) is 0 Å². The number of likely N-dealkylation sites (tertiary alicyclic amines) is 1. The van der Waals surface area contributed by atoms with E-state index in [1.54, 1.807) is 0 Å². The van der Waals surface area contributed by atoms with Gasteiger partial charge in [0.2, 0.25) is 0 Å². The van der Waals surface area contributed by atoms with E-state index >= 15 is 0 Å². The minimum absolute atomic E-state index is 3.81. The molecule has 0 radical (unpaired) electrons. The molecule has 1 heterocycles. The molecule has 0 N–H and O–H groups in total. The maximum Gasteiger partial charge on any atom is 0.469 e. The topological polar surface area (TPSA) is 3.24 Å². The summed E-state index contributed by atoms with van der Waals surface area (Å²) in [6.45, 7) is 0. The Labute approximate surface area is 99.5 Å². The molecule has 20 heavy (non-hydrogen) atoms. The Kier molecular flexibility index (Phi) is 3.10. The molecule has 14 heteroatoms. The van der Waals surface area contributed by atoms with Gasteiger partial charge in [-0.05, 0) is 0 Å². The number of halogens is 13. The molecule has 0 aliphatic carbocycles. The molecule has 0 unspecified atom stereocenters. The molecule has 0 amide bonds.